The molecule has 1 rings (SSSR count). The van der Waals surface area contributed by atoms with E-state index in [0.717, 1.165) is 18.5 Å². The van der Waals surface area contributed by atoms with Gasteiger partial charge in [0.05, 0.1) is 0 Å². The fourth-order valence-electron chi connectivity index (χ4n) is 2.93. The molecular formula is C14H30N2. The van der Waals surface area contributed by atoms with Gasteiger partial charge in [-0.15, -0.1) is 0 Å². The first-order chi connectivity index (χ1) is 7.70. The van der Waals surface area contributed by atoms with E-state index in [2.05, 4.69) is 25.7 Å². The van der Waals surface area contributed by atoms with Crippen molar-refractivity contribution in [2.75, 3.05) is 13.1 Å². The average molecular weight is 226 g/mol. The van der Waals surface area contributed by atoms with Crippen molar-refractivity contribution >= 4 is 0 Å². The third kappa shape index (κ3) is 3.74. The van der Waals surface area contributed by atoms with E-state index in [1.165, 1.54) is 45.1 Å². The van der Waals surface area contributed by atoms with Crippen LogP contribution in [0.5, 0.6) is 0 Å². The van der Waals surface area contributed by atoms with Gasteiger partial charge in [-0.25, -0.2) is 0 Å². The van der Waals surface area contributed by atoms with Crippen LogP contribution in [-0.2, 0) is 0 Å². The molecule has 1 heterocycles. The second-order valence-corrected chi connectivity index (χ2v) is 5.48. The quantitative estimate of drug-likeness (QED) is 0.705. The van der Waals surface area contributed by atoms with Crippen molar-refractivity contribution in [1.82, 2.24) is 4.90 Å². The molecule has 0 radical (unpaired) electrons. The molecule has 3 atom stereocenters. The SMILES string of the molecule is CCCCCC(CN)N1CCCC(C)C1C. The lowest BCUT2D eigenvalue weighted by Crippen LogP contribution is -2.51. The van der Waals surface area contributed by atoms with E-state index >= 15 is 0 Å². The number of nitrogens with zero attached hydrogens (tertiary/aromatic N) is 1. The summed E-state index contributed by atoms with van der Waals surface area (Å²) in [4.78, 5) is 2.67. The minimum absolute atomic E-state index is 0.629. The number of hydrogen-bond acceptors (Lipinski definition) is 2. The predicted molar refractivity (Wildman–Crippen MR) is 71.6 cm³/mol. The van der Waals surface area contributed by atoms with Crippen molar-refractivity contribution in [3.8, 4) is 0 Å². The van der Waals surface area contributed by atoms with Crippen molar-refractivity contribution in [3.05, 3.63) is 0 Å². The van der Waals surface area contributed by atoms with E-state index in [1.807, 2.05) is 0 Å². The van der Waals surface area contributed by atoms with Gasteiger partial charge in [0.2, 0.25) is 0 Å². The van der Waals surface area contributed by atoms with Crippen LogP contribution in [0.3, 0.4) is 0 Å². The third-order valence-corrected chi connectivity index (χ3v) is 4.30. The average Bonchev–Trinajstić information content (AvgIpc) is 2.29. The van der Waals surface area contributed by atoms with Gasteiger partial charge in [0, 0.05) is 18.6 Å². The molecule has 16 heavy (non-hydrogen) atoms. The van der Waals surface area contributed by atoms with Gasteiger partial charge in [0.1, 0.15) is 0 Å². The summed E-state index contributed by atoms with van der Waals surface area (Å²) >= 11 is 0. The molecule has 2 nitrogen and oxygen atoms in total. The molecule has 1 aliphatic rings. The van der Waals surface area contributed by atoms with E-state index in [4.69, 9.17) is 5.73 Å². The molecule has 2 heteroatoms. The molecule has 0 saturated carbocycles. The van der Waals surface area contributed by atoms with Crippen molar-refractivity contribution in [2.45, 2.75) is 71.4 Å². The molecule has 0 amide bonds. The monoisotopic (exact) mass is 226 g/mol. The Morgan fingerprint density at radius 1 is 1.31 bits per heavy atom. The zero-order valence-electron chi connectivity index (χ0n) is 11.4. The smallest absolute Gasteiger partial charge is 0.0221 e. The van der Waals surface area contributed by atoms with E-state index in [9.17, 15) is 0 Å². The van der Waals surface area contributed by atoms with Crippen molar-refractivity contribution in [1.29, 1.82) is 0 Å². The van der Waals surface area contributed by atoms with Crippen LogP contribution < -0.4 is 5.73 Å². The topological polar surface area (TPSA) is 29.3 Å². The zero-order chi connectivity index (χ0) is 12.0. The number of nitrogens with two attached hydrogens (primary N) is 1. The van der Waals surface area contributed by atoms with Crippen LogP contribution in [0.1, 0.15) is 59.3 Å². The van der Waals surface area contributed by atoms with Crippen LogP contribution in [0, 0.1) is 5.92 Å². The van der Waals surface area contributed by atoms with Crippen LogP contribution in [0.25, 0.3) is 0 Å². The Hall–Kier alpha value is -0.0800. The van der Waals surface area contributed by atoms with Gasteiger partial charge in [-0.1, -0.05) is 33.1 Å². The Labute approximate surface area is 102 Å². The first-order valence-corrected chi connectivity index (χ1v) is 7.16. The second kappa shape index (κ2) is 7.29. The minimum atomic E-state index is 0.629. The highest BCUT2D eigenvalue weighted by atomic mass is 15.2. The Kier molecular flexibility index (Phi) is 6.37. The number of hydrogen-bond donors (Lipinski definition) is 1. The fourth-order valence-corrected chi connectivity index (χ4v) is 2.93. The molecule has 0 spiro atoms. The Morgan fingerprint density at radius 3 is 2.69 bits per heavy atom. The molecule has 2 N–H and O–H groups in total. The Morgan fingerprint density at radius 2 is 2.06 bits per heavy atom. The second-order valence-electron chi connectivity index (χ2n) is 5.48. The fraction of sp³-hybridized carbons (Fsp3) is 1.00. The maximum absolute atomic E-state index is 5.95. The molecule has 0 aromatic rings. The lowest BCUT2D eigenvalue weighted by Gasteiger charge is -2.42. The Bertz CT molecular complexity index is 182. The number of likely N-dealkylation sites (tertiary alicyclic amines) is 1. The molecule has 0 aromatic carbocycles. The van der Waals surface area contributed by atoms with Crippen LogP contribution in [0.15, 0.2) is 0 Å². The van der Waals surface area contributed by atoms with Crippen LogP contribution in [-0.4, -0.2) is 30.1 Å². The van der Waals surface area contributed by atoms with Gasteiger partial charge in [0.25, 0.3) is 0 Å². The third-order valence-electron chi connectivity index (χ3n) is 4.30. The molecule has 1 aliphatic heterocycles. The molecular weight excluding hydrogens is 196 g/mol. The number of rotatable bonds is 6. The highest BCUT2D eigenvalue weighted by Gasteiger charge is 2.28. The summed E-state index contributed by atoms with van der Waals surface area (Å²) in [6.45, 7) is 9.13. The minimum Gasteiger partial charge on any atom is -0.329 e. The largest absolute Gasteiger partial charge is 0.329 e. The highest BCUT2D eigenvalue weighted by molar-refractivity contribution is 4.84. The lowest BCUT2D eigenvalue weighted by atomic mass is 9.90. The molecule has 0 aliphatic carbocycles. The molecule has 96 valence electrons. The zero-order valence-corrected chi connectivity index (χ0v) is 11.4. The maximum Gasteiger partial charge on any atom is 0.0221 e. The molecule has 0 bridgehead atoms. The molecule has 1 saturated heterocycles. The summed E-state index contributed by atoms with van der Waals surface area (Å²) in [7, 11) is 0. The van der Waals surface area contributed by atoms with Crippen LogP contribution >= 0.6 is 0 Å². The van der Waals surface area contributed by atoms with E-state index in [0.29, 0.717) is 6.04 Å². The number of unbranched alkanes of at least 4 members (excludes halogenated alkanes) is 2. The molecule has 1 fully saturated rings. The van der Waals surface area contributed by atoms with Crippen LogP contribution in [0.4, 0.5) is 0 Å². The normalized spacial score (nSPS) is 29.2. The van der Waals surface area contributed by atoms with Crippen molar-refractivity contribution in [2.24, 2.45) is 11.7 Å². The first-order valence-electron chi connectivity index (χ1n) is 7.16. The van der Waals surface area contributed by atoms with Gasteiger partial charge >= 0.3 is 0 Å². The van der Waals surface area contributed by atoms with Gasteiger partial charge in [-0.05, 0) is 38.6 Å². The summed E-state index contributed by atoms with van der Waals surface area (Å²) in [5.41, 5.74) is 5.95. The number of piperidine rings is 1. The van der Waals surface area contributed by atoms with Gasteiger partial charge in [0.15, 0.2) is 0 Å². The Balaban J connectivity index is 2.43. The van der Waals surface area contributed by atoms with E-state index in [-0.39, 0.29) is 0 Å². The predicted octanol–water partition coefficient (Wildman–Crippen LogP) is 3.01. The summed E-state index contributed by atoms with van der Waals surface area (Å²) in [6, 6.07) is 1.35. The summed E-state index contributed by atoms with van der Waals surface area (Å²) in [5, 5.41) is 0. The standard InChI is InChI=1S/C14H30N2/c1-4-5-6-9-14(11-15)16-10-7-8-12(2)13(16)3/h12-14H,4-11,15H2,1-3H3. The van der Waals surface area contributed by atoms with Crippen molar-refractivity contribution < 1.29 is 0 Å². The summed E-state index contributed by atoms with van der Waals surface area (Å²) in [6.07, 6.45) is 8.05. The summed E-state index contributed by atoms with van der Waals surface area (Å²) < 4.78 is 0. The van der Waals surface area contributed by atoms with Gasteiger partial charge < -0.3 is 5.73 Å². The highest BCUT2D eigenvalue weighted by Crippen LogP contribution is 2.26. The lowest BCUT2D eigenvalue weighted by molar-refractivity contribution is 0.0662. The van der Waals surface area contributed by atoms with Gasteiger partial charge in [-0.3, -0.25) is 4.90 Å². The summed E-state index contributed by atoms with van der Waals surface area (Å²) in [5.74, 6) is 0.842. The maximum atomic E-state index is 5.95. The van der Waals surface area contributed by atoms with Crippen LogP contribution in [0.2, 0.25) is 0 Å². The first kappa shape index (κ1) is 14.0. The molecule has 0 aromatic heterocycles. The molecule has 3 unspecified atom stereocenters. The van der Waals surface area contributed by atoms with Gasteiger partial charge in [-0.2, -0.15) is 0 Å². The van der Waals surface area contributed by atoms with Crippen molar-refractivity contribution in [3.63, 3.8) is 0 Å². The van der Waals surface area contributed by atoms with E-state index < -0.39 is 0 Å². The van der Waals surface area contributed by atoms with E-state index in [1.54, 1.807) is 0 Å².